The van der Waals surface area contributed by atoms with Gasteiger partial charge in [-0.3, -0.25) is 0 Å². The Balaban J connectivity index is 2.17. The molecule has 0 bridgehead atoms. The van der Waals surface area contributed by atoms with Crippen molar-refractivity contribution < 1.29 is 0 Å². The summed E-state index contributed by atoms with van der Waals surface area (Å²) in [5.41, 5.74) is 1.29. The molecule has 0 saturated heterocycles. The monoisotopic (exact) mass is 261 g/mol. The highest BCUT2D eigenvalue weighted by Gasteiger charge is 2.17. The summed E-state index contributed by atoms with van der Waals surface area (Å²) >= 11 is 1.64. The van der Waals surface area contributed by atoms with E-state index in [0.717, 1.165) is 16.6 Å². The lowest BCUT2D eigenvalue weighted by atomic mass is 9.96. The zero-order chi connectivity index (χ0) is 13.0. The third kappa shape index (κ3) is 3.07. The van der Waals surface area contributed by atoms with Crippen LogP contribution in [0.1, 0.15) is 37.4 Å². The van der Waals surface area contributed by atoms with Gasteiger partial charge < -0.3 is 5.32 Å². The van der Waals surface area contributed by atoms with Crippen LogP contribution < -0.4 is 5.32 Å². The molecule has 0 spiro atoms. The fourth-order valence-electron chi connectivity index (χ4n) is 1.88. The van der Waals surface area contributed by atoms with E-state index in [0.29, 0.717) is 5.92 Å². The highest BCUT2D eigenvalue weighted by atomic mass is 32.1. The standard InChI is InChI=1S/C14H19N3S/c1-4-12-16-17-14(18-12)15-13(10(2)3)11-8-6-5-7-9-11/h5-10,13H,4H2,1-3H3,(H,15,17). The van der Waals surface area contributed by atoms with Crippen LogP contribution in [0.15, 0.2) is 30.3 Å². The van der Waals surface area contributed by atoms with E-state index in [-0.39, 0.29) is 6.04 Å². The van der Waals surface area contributed by atoms with E-state index in [9.17, 15) is 0 Å². The smallest absolute Gasteiger partial charge is 0.206 e. The summed E-state index contributed by atoms with van der Waals surface area (Å²) in [7, 11) is 0. The predicted octanol–water partition coefficient (Wildman–Crippen LogP) is 3.91. The molecule has 1 aromatic heterocycles. The van der Waals surface area contributed by atoms with Gasteiger partial charge in [-0.1, -0.05) is 62.4 Å². The molecule has 1 N–H and O–H groups in total. The fraction of sp³-hybridized carbons (Fsp3) is 0.429. The maximum Gasteiger partial charge on any atom is 0.206 e. The third-order valence-corrected chi connectivity index (χ3v) is 3.87. The quantitative estimate of drug-likeness (QED) is 0.886. The van der Waals surface area contributed by atoms with Gasteiger partial charge in [0.1, 0.15) is 5.01 Å². The molecule has 0 saturated carbocycles. The van der Waals surface area contributed by atoms with E-state index in [1.54, 1.807) is 11.3 Å². The van der Waals surface area contributed by atoms with Crippen molar-refractivity contribution in [2.45, 2.75) is 33.2 Å². The van der Waals surface area contributed by atoms with Gasteiger partial charge in [-0.2, -0.15) is 0 Å². The van der Waals surface area contributed by atoms with Crippen LogP contribution in [0.4, 0.5) is 5.13 Å². The van der Waals surface area contributed by atoms with Crippen molar-refractivity contribution in [2.75, 3.05) is 5.32 Å². The summed E-state index contributed by atoms with van der Waals surface area (Å²) in [6, 6.07) is 10.8. The summed E-state index contributed by atoms with van der Waals surface area (Å²) in [6.45, 7) is 6.53. The molecule has 96 valence electrons. The number of nitrogens with zero attached hydrogens (tertiary/aromatic N) is 2. The lowest BCUT2D eigenvalue weighted by Gasteiger charge is -2.22. The van der Waals surface area contributed by atoms with Gasteiger partial charge in [-0.05, 0) is 17.9 Å². The molecule has 2 rings (SSSR count). The average molecular weight is 261 g/mol. The molecular weight excluding hydrogens is 242 g/mol. The normalized spacial score (nSPS) is 12.7. The zero-order valence-corrected chi connectivity index (χ0v) is 11.9. The van der Waals surface area contributed by atoms with Crippen molar-refractivity contribution in [1.82, 2.24) is 10.2 Å². The molecule has 0 aliphatic carbocycles. The summed E-state index contributed by atoms with van der Waals surface area (Å²) in [5, 5.41) is 13.8. The predicted molar refractivity (Wildman–Crippen MR) is 76.9 cm³/mol. The molecule has 0 radical (unpaired) electrons. The summed E-state index contributed by atoms with van der Waals surface area (Å²) in [4.78, 5) is 0. The van der Waals surface area contributed by atoms with Crippen LogP contribution in [-0.2, 0) is 6.42 Å². The molecule has 1 unspecified atom stereocenters. The molecule has 2 aromatic rings. The topological polar surface area (TPSA) is 37.8 Å². The first-order chi connectivity index (χ1) is 8.70. The van der Waals surface area contributed by atoms with Crippen LogP contribution in [0, 0.1) is 5.92 Å². The van der Waals surface area contributed by atoms with Crippen LogP contribution in [-0.4, -0.2) is 10.2 Å². The third-order valence-electron chi connectivity index (χ3n) is 2.87. The molecule has 18 heavy (non-hydrogen) atoms. The fourth-order valence-corrected chi connectivity index (χ4v) is 2.60. The first-order valence-electron chi connectivity index (χ1n) is 6.34. The number of rotatable bonds is 5. The van der Waals surface area contributed by atoms with Gasteiger partial charge >= 0.3 is 0 Å². The highest BCUT2D eigenvalue weighted by Crippen LogP contribution is 2.27. The van der Waals surface area contributed by atoms with Gasteiger partial charge in [0.05, 0.1) is 6.04 Å². The Morgan fingerprint density at radius 1 is 1.17 bits per heavy atom. The maximum atomic E-state index is 4.19. The lowest BCUT2D eigenvalue weighted by molar-refractivity contribution is 0.545. The van der Waals surface area contributed by atoms with Crippen LogP contribution >= 0.6 is 11.3 Å². The molecule has 1 atom stereocenters. The van der Waals surface area contributed by atoms with Crippen LogP contribution in [0.5, 0.6) is 0 Å². The SMILES string of the molecule is CCc1nnc(NC(c2ccccc2)C(C)C)s1. The molecule has 0 amide bonds. The Morgan fingerprint density at radius 2 is 1.89 bits per heavy atom. The van der Waals surface area contributed by atoms with E-state index in [1.165, 1.54) is 5.56 Å². The molecule has 3 nitrogen and oxygen atoms in total. The average Bonchev–Trinajstić information content (AvgIpc) is 2.84. The number of hydrogen-bond acceptors (Lipinski definition) is 4. The number of anilines is 1. The Bertz CT molecular complexity index is 479. The minimum Gasteiger partial charge on any atom is -0.353 e. The minimum absolute atomic E-state index is 0.281. The number of benzene rings is 1. The number of aryl methyl sites for hydroxylation is 1. The molecule has 1 heterocycles. The number of aromatic nitrogens is 2. The number of hydrogen-bond donors (Lipinski definition) is 1. The Hall–Kier alpha value is -1.42. The molecule has 0 aliphatic heterocycles. The van der Waals surface area contributed by atoms with E-state index in [2.05, 4.69) is 60.6 Å². The Morgan fingerprint density at radius 3 is 2.44 bits per heavy atom. The van der Waals surface area contributed by atoms with E-state index in [4.69, 9.17) is 0 Å². The lowest BCUT2D eigenvalue weighted by Crippen LogP contribution is -2.16. The van der Waals surface area contributed by atoms with Crippen molar-refractivity contribution in [3.63, 3.8) is 0 Å². The van der Waals surface area contributed by atoms with Gasteiger partial charge in [-0.25, -0.2) is 0 Å². The first-order valence-corrected chi connectivity index (χ1v) is 7.16. The van der Waals surface area contributed by atoms with E-state index >= 15 is 0 Å². The second-order valence-corrected chi connectivity index (χ2v) is 5.69. The Kier molecular flexibility index (Phi) is 4.31. The van der Waals surface area contributed by atoms with Crippen LogP contribution in [0.2, 0.25) is 0 Å². The highest BCUT2D eigenvalue weighted by molar-refractivity contribution is 7.15. The second kappa shape index (κ2) is 5.96. The number of nitrogens with one attached hydrogen (secondary N) is 1. The van der Waals surface area contributed by atoms with Gasteiger partial charge in [-0.15, -0.1) is 10.2 Å². The van der Waals surface area contributed by atoms with Crippen molar-refractivity contribution in [2.24, 2.45) is 5.92 Å². The Labute approximate surface area is 112 Å². The van der Waals surface area contributed by atoms with Crippen molar-refractivity contribution >= 4 is 16.5 Å². The summed E-state index contributed by atoms with van der Waals surface area (Å²) in [6.07, 6.45) is 0.941. The van der Waals surface area contributed by atoms with Crippen LogP contribution in [0.3, 0.4) is 0 Å². The van der Waals surface area contributed by atoms with Gasteiger partial charge in [0, 0.05) is 0 Å². The second-order valence-electron chi connectivity index (χ2n) is 4.63. The molecule has 4 heteroatoms. The maximum absolute atomic E-state index is 4.19. The molecule has 0 aliphatic rings. The van der Waals surface area contributed by atoms with Crippen LogP contribution in [0.25, 0.3) is 0 Å². The largest absolute Gasteiger partial charge is 0.353 e. The van der Waals surface area contributed by atoms with Crippen molar-refractivity contribution in [3.05, 3.63) is 40.9 Å². The first kappa shape index (κ1) is 13.0. The van der Waals surface area contributed by atoms with E-state index < -0.39 is 0 Å². The molecule has 0 fully saturated rings. The van der Waals surface area contributed by atoms with Gasteiger partial charge in [0.2, 0.25) is 5.13 Å². The summed E-state index contributed by atoms with van der Waals surface area (Å²) < 4.78 is 0. The zero-order valence-electron chi connectivity index (χ0n) is 11.1. The van der Waals surface area contributed by atoms with Crippen molar-refractivity contribution in [3.8, 4) is 0 Å². The van der Waals surface area contributed by atoms with E-state index in [1.807, 2.05) is 6.07 Å². The van der Waals surface area contributed by atoms with Gasteiger partial charge in [0.15, 0.2) is 0 Å². The van der Waals surface area contributed by atoms with Crippen molar-refractivity contribution in [1.29, 1.82) is 0 Å². The molecule has 1 aromatic carbocycles. The summed E-state index contributed by atoms with van der Waals surface area (Å²) in [5.74, 6) is 0.501. The van der Waals surface area contributed by atoms with Gasteiger partial charge in [0.25, 0.3) is 0 Å². The molecular formula is C14H19N3S. The minimum atomic E-state index is 0.281.